The van der Waals surface area contributed by atoms with Crippen LogP contribution in [0.2, 0.25) is 0 Å². The van der Waals surface area contributed by atoms with E-state index in [-0.39, 0.29) is 11.5 Å². The van der Waals surface area contributed by atoms with Gasteiger partial charge in [-0.3, -0.25) is 14.6 Å². The van der Waals surface area contributed by atoms with Crippen LogP contribution in [0.4, 0.5) is 5.82 Å². The number of anilines is 1. The van der Waals surface area contributed by atoms with Crippen LogP contribution in [0.15, 0.2) is 23.1 Å². The van der Waals surface area contributed by atoms with Gasteiger partial charge < -0.3 is 10.6 Å². The molecule has 0 saturated carbocycles. The second-order valence-corrected chi connectivity index (χ2v) is 4.06. The molecule has 0 aliphatic heterocycles. The number of amides is 1. The Morgan fingerprint density at radius 1 is 1.42 bits per heavy atom. The Balaban J connectivity index is 2.03. The number of aromatic amines is 1. The monoisotopic (exact) mass is 261 g/mol. The van der Waals surface area contributed by atoms with E-state index in [9.17, 15) is 9.59 Å². The second-order valence-electron chi connectivity index (χ2n) is 4.06. The van der Waals surface area contributed by atoms with Crippen LogP contribution < -0.4 is 16.2 Å². The third-order valence-electron chi connectivity index (χ3n) is 2.57. The van der Waals surface area contributed by atoms with Crippen molar-refractivity contribution in [1.29, 1.82) is 0 Å². The molecule has 0 saturated heterocycles. The van der Waals surface area contributed by atoms with Gasteiger partial charge >= 0.3 is 0 Å². The Labute approximate surface area is 109 Å². The van der Waals surface area contributed by atoms with Crippen LogP contribution in [-0.2, 0) is 4.79 Å². The first-order chi connectivity index (χ1) is 9.18. The number of nitrogens with zero attached hydrogens (tertiary/aromatic N) is 2. The number of fused-ring (bicyclic) bond motifs is 1. The van der Waals surface area contributed by atoms with Gasteiger partial charge in [0.05, 0.1) is 5.39 Å². The molecule has 2 aromatic rings. The number of pyridine rings is 1. The molecular weight excluding hydrogens is 246 g/mol. The van der Waals surface area contributed by atoms with E-state index >= 15 is 0 Å². The molecule has 100 valence electrons. The zero-order valence-corrected chi connectivity index (χ0v) is 10.6. The molecule has 0 radical (unpaired) electrons. The summed E-state index contributed by atoms with van der Waals surface area (Å²) in [7, 11) is 0. The van der Waals surface area contributed by atoms with E-state index in [4.69, 9.17) is 0 Å². The van der Waals surface area contributed by atoms with Crippen LogP contribution >= 0.6 is 0 Å². The van der Waals surface area contributed by atoms with Gasteiger partial charge in [-0.2, -0.15) is 5.10 Å². The fourth-order valence-electron chi connectivity index (χ4n) is 1.68. The van der Waals surface area contributed by atoms with Crippen molar-refractivity contribution in [3.8, 4) is 0 Å². The maximum absolute atomic E-state index is 11.5. The number of aromatic nitrogens is 3. The van der Waals surface area contributed by atoms with Gasteiger partial charge in [0.15, 0.2) is 5.82 Å². The van der Waals surface area contributed by atoms with Crippen LogP contribution in [-0.4, -0.2) is 34.2 Å². The highest BCUT2D eigenvalue weighted by Crippen LogP contribution is 2.13. The summed E-state index contributed by atoms with van der Waals surface area (Å²) >= 11 is 0. The highest BCUT2D eigenvalue weighted by molar-refractivity contribution is 5.86. The van der Waals surface area contributed by atoms with E-state index in [2.05, 4.69) is 25.8 Å². The molecule has 0 atom stereocenters. The molecule has 7 heteroatoms. The summed E-state index contributed by atoms with van der Waals surface area (Å²) in [6.45, 7) is 2.70. The van der Waals surface area contributed by atoms with Gasteiger partial charge in [-0.15, -0.1) is 0 Å². The van der Waals surface area contributed by atoms with Gasteiger partial charge in [0, 0.05) is 26.2 Å². The van der Waals surface area contributed by atoms with Gasteiger partial charge in [-0.05, 0) is 18.6 Å². The molecule has 2 heterocycles. The third kappa shape index (κ3) is 3.27. The fourth-order valence-corrected chi connectivity index (χ4v) is 1.68. The Morgan fingerprint density at radius 3 is 3.05 bits per heavy atom. The zero-order chi connectivity index (χ0) is 13.7. The Bertz CT molecular complexity index is 637. The van der Waals surface area contributed by atoms with E-state index in [0.717, 1.165) is 6.42 Å². The van der Waals surface area contributed by atoms with E-state index in [1.165, 1.54) is 6.92 Å². The summed E-state index contributed by atoms with van der Waals surface area (Å²) in [5.41, 5.74) is 0.290. The summed E-state index contributed by atoms with van der Waals surface area (Å²) in [5, 5.41) is 12.7. The van der Waals surface area contributed by atoms with Crippen molar-refractivity contribution in [3.63, 3.8) is 0 Å². The first-order valence-electron chi connectivity index (χ1n) is 6.00. The van der Waals surface area contributed by atoms with Crippen LogP contribution in [0.25, 0.3) is 10.9 Å². The molecular formula is C12H15N5O2. The SMILES string of the molecule is CC(=O)NCCCNc1n[nH]c(=O)c2cccnc12. The molecule has 0 fully saturated rings. The van der Waals surface area contributed by atoms with Crippen molar-refractivity contribution in [2.45, 2.75) is 13.3 Å². The van der Waals surface area contributed by atoms with Crippen LogP contribution in [0.5, 0.6) is 0 Å². The molecule has 19 heavy (non-hydrogen) atoms. The lowest BCUT2D eigenvalue weighted by Crippen LogP contribution is -2.23. The lowest BCUT2D eigenvalue weighted by atomic mass is 10.3. The summed E-state index contributed by atoms with van der Waals surface area (Å²) in [5.74, 6) is 0.493. The summed E-state index contributed by atoms with van der Waals surface area (Å²) in [4.78, 5) is 26.4. The number of rotatable bonds is 5. The predicted octanol–water partition coefficient (Wildman–Crippen LogP) is 0.256. The number of hydrogen-bond donors (Lipinski definition) is 3. The van der Waals surface area contributed by atoms with E-state index in [1.54, 1.807) is 18.3 Å². The first-order valence-corrected chi connectivity index (χ1v) is 6.00. The first kappa shape index (κ1) is 13.0. The smallest absolute Gasteiger partial charge is 0.273 e. The number of hydrogen-bond acceptors (Lipinski definition) is 5. The van der Waals surface area contributed by atoms with Crippen LogP contribution in [0, 0.1) is 0 Å². The minimum absolute atomic E-state index is 0.0470. The number of carbonyl (C=O) groups excluding carboxylic acids is 1. The van der Waals surface area contributed by atoms with Gasteiger partial charge in [0.25, 0.3) is 5.56 Å². The topological polar surface area (TPSA) is 99.8 Å². The number of H-pyrrole nitrogens is 1. The van der Waals surface area contributed by atoms with Gasteiger partial charge in [0.2, 0.25) is 5.91 Å². The molecule has 1 amide bonds. The number of carbonyl (C=O) groups is 1. The molecule has 0 aromatic carbocycles. The van der Waals surface area contributed by atoms with Gasteiger partial charge in [0.1, 0.15) is 5.52 Å². The van der Waals surface area contributed by atoms with E-state index in [0.29, 0.717) is 29.8 Å². The predicted molar refractivity (Wildman–Crippen MR) is 71.9 cm³/mol. The molecule has 0 bridgehead atoms. The second kappa shape index (κ2) is 5.94. The van der Waals surface area contributed by atoms with Crippen molar-refractivity contribution < 1.29 is 4.79 Å². The molecule has 0 spiro atoms. The molecule has 0 unspecified atom stereocenters. The van der Waals surface area contributed by atoms with Crippen molar-refractivity contribution in [1.82, 2.24) is 20.5 Å². The maximum atomic E-state index is 11.5. The number of nitrogens with one attached hydrogen (secondary N) is 3. The normalized spacial score (nSPS) is 10.4. The Kier molecular flexibility index (Phi) is 4.07. The summed E-state index contributed by atoms with van der Waals surface area (Å²) < 4.78 is 0. The molecule has 0 aliphatic rings. The standard InChI is InChI=1S/C12H15N5O2/c1-8(18)13-6-3-7-15-11-10-9(4-2-5-14-10)12(19)17-16-11/h2,4-5H,3,6-7H2,1H3,(H,13,18)(H,15,16)(H,17,19). The van der Waals surface area contributed by atoms with E-state index < -0.39 is 0 Å². The molecule has 3 N–H and O–H groups in total. The average molecular weight is 261 g/mol. The third-order valence-corrected chi connectivity index (χ3v) is 2.57. The van der Waals surface area contributed by atoms with Crippen molar-refractivity contribution >= 4 is 22.6 Å². The zero-order valence-electron chi connectivity index (χ0n) is 10.6. The average Bonchev–Trinajstić information content (AvgIpc) is 2.41. The van der Waals surface area contributed by atoms with Gasteiger partial charge in [-0.25, -0.2) is 5.10 Å². The highest BCUT2D eigenvalue weighted by atomic mass is 16.1. The Hall–Kier alpha value is -2.44. The van der Waals surface area contributed by atoms with Crippen LogP contribution in [0.1, 0.15) is 13.3 Å². The molecule has 2 rings (SSSR count). The fraction of sp³-hybridized carbons (Fsp3) is 0.333. The quantitative estimate of drug-likeness (QED) is 0.670. The minimum atomic E-state index is -0.258. The molecule has 7 nitrogen and oxygen atoms in total. The van der Waals surface area contributed by atoms with Crippen LogP contribution in [0.3, 0.4) is 0 Å². The largest absolute Gasteiger partial charge is 0.367 e. The lowest BCUT2D eigenvalue weighted by Gasteiger charge is -2.07. The van der Waals surface area contributed by atoms with Crippen molar-refractivity contribution in [3.05, 3.63) is 28.7 Å². The van der Waals surface area contributed by atoms with Crippen molar-refractivity contribution in [2.24, 2.45) is 0 Å². The maximum Gasteiger partial charge on any atom is 0.273 e. The highest BCUT2D eigenvalue weighted by Gasteiger charge is 2.06. The summed E-state index contributed by atoms with van der Waals surface area (Å²) in [6.07, 6.45) is 2.38. The van der Waals surface area contributed by atoms with E-state index in [1.807, 2.05) is 0 Å². The lowest BCUT2D eigenvalue weighted by molar-refractivity contribution is -0.118. The Morgan fingerprint density at radius 2 is 2.26 bits per heavy atom. The molecule has 0 aliphatic carbocycles. The summed E-state index contributed by atoms with van der Waals surface area (Å²) in [6, 6.07) is 3.41. The minimum Gasteiger partial charge on any atom is -0.367 e. The van der Waals surface area contributed by atoms with Gasteiger partial charge in [-0.1, -0.05) is 0 Å². The molecule has 2 aromatic heterocycles. The van der Waals surface area contributed by atoms with Crippen molar-refractivity contribution in [2.75, 3.05) is 18.4 Å².